The van der Waals surface area contributed by atoms with Crippen molar-refractivity contribution < 1.29 is 18.3 Å². The number of thioether (sulfide) groups is 1. The molecule has 2 aromatic rings. The number of fused-ring (bicyclic) bond motifs is 2. The highest BCUT2D eigenvalue weighted by molar-refractivity contribution is 7.98. The van der Waals surface area contributed by atoms with E-state index in [9.17, 15) is 18.3 Å². The molecule has 2 fully saturated rings. The van der Waals surface area contributed by atoms with Gasteiger partial charge in [-0.2, -0.15) is 11.8 Å². The molecule has 2 aliphatic carbocycles. The molecule has 0 radical (unpaired) electrons. The van der Waals surface area contributed by atoms with Gasteiger partial charge in [-0.3, -0.25) is 4.79 Å². The number of hydrogen-bond acceptors (Lipinski definition) is 5. The van der Waals surface area contributed by atoms with Gasteiger partial charge in [-0.1, -0.05) is 74.5 Å². The number of nitrogens with one attached hydrogen (secondary N) is 1. The van der Waals surface area contributed by atoms with E-state index in [1.807, 2.05) is 80.8 Å². The van der Waals surface area contributed by atoms with Crippen molar-refractivity contribution in [1.82, 2.24) is 4.72 Å². The van der Waals surface area contributed by atoms with E-state index in [1.54, 1.807) is 11.8 Å². The summed E-state index contributed by atoms with van der Waals surface area (Å²) < 4.78 is 30.3. The lowest BCUT2D eigenvalue weighted by atomic mass is 9.70. The van der Waals surface area contributed by atoms with Crippen molar-refractivity contribution >= 4 is 27.6 Å². The quantitative estimate of drug-likeness (QED) is 0.505. The number of Topliss-reactive ketones (excluding diaryl/α,β-unsaturated/α-hetero) is 1. The van der Waals surface area contributed by atoms with E-state index in [0.29, 0.717) is 36.1 Å². The number of carbonyl (C=O) groups is 1. The molecule has 0 spiro atoms. The molecule has 5 nitrogen and oxygen atoms in total. The molecule has 2 saturated carbocycles. The van der Waals surface area contributed by atoms with Crippen molar-refractivity contribution in [1.29, 1.82) is 0 Å². The minimum Gasteiger partial charge on any atom is -0.379 e. The fraction of sp³-hybridized carbons (Fsp3) is 0.519. The minimum atomic E-state index is -3.88. The molecule has 2 bridgehead atoms. The van der Waals surface area contributed by atoms with Gasteiger partial charge in [0.2, 0.25) is 10.0 Å². The molecule has 0 amide bonds. The Hall–Kier alpha value is -1.67. The predicted octanol–water partition coefficient (Wildman–Crippen LogP) is 4.36. The maximum atomic E-state index is 13.7. The first-order valence-corrected chi connectivity index (χ1v) is 15.0. The van der Waals surface area contributed by atoms with Crippen molar-refractivity contribution in [2.45, 2.75) is 51.2 Å². The van der Waals surface area contributed by atoms with Crippen LogP contribution in [0.2, 0.25) is 0 Å². The van der Waals surface area contributed by atoms with E-state index in [-0.39, 0.29) is 22.9 Å². The van der Waals surface area contributed by atoms with Crippen LogP contribution >= 0.6 is 11.8 Å². The van der Waals surface area contributed by atoms with Crippen LogP contribution in [0, 0.1) is 16.7 Å². The second-order valence-corrected chi connectivity index (χ2v) is 13.1. The smallest absolute Gasteiger partial charge is 0.212 e. The summed E-state index contributed by atoms with van der Waals surface area (Å²) in [5.41, 5.74) is -1.50. The van der Waals surface area contributed by atoms with Crippen LogP contribution in [0.4, 0.5) is 0 Å². The Morgan fingerprint density at radius 1 is 1.09 bits per heavy atom. The first-order chi connectivity index (χ1) is 16.1. The number of carbonyl (C=O) groups excluding carboxylic acids is 1. The van der Waals surface area contributed by atoms with Crippen molar-refractivity contribution in [2.75, 3.05) is 17.8 Å². The van der Waals surface area contributed by atoms with E-state index in [2.05, 4.69) is 4.72 Å². The second kappa shape index (κ2) is 9.41. The molecular weight excluding hydrogens is 466 g/mol. The zero-order valence-corrected chi connectivity index (χ0v) is 21.8. The van der Waals surface area contributed by atoms with Gasteiger partial charge in [0.15, 0.2) is 0 Å². The average Bonchev–Trinajstić information content (AvgIpc) is 3.16. The number of benzene rings is 2. The lowest BCUT2D eigenvalue weighted by molar-refractivity contribution is -0.128. The largest absolute Gasteiger partial charge is 0.379 e. The summed E-state index contributed by atoms with van der Waals surface area (Å²) in [4.78, 5) is 13.0. The third-order valence-electron chi connectivity index (χ3n) is 8.44. The Bertz CT molecular complexity index is 1080. The average molecular weight is 502 g/mol. The zero-order chi connectivity index (χ0) is 24.6. The van der Waals surface area contributed by atoms with Gasteiger partial charge in [-0.25, -0.2) is 13.1 Å². The summed E-state index contributed by atoms with van der Waals surface area (Å²) in [7, 11) is -3.88. The topological polar surface area (TPSA) is 83.5 Å². The Morgan fingerprint density at radius 2 is 1.65 bits per heavy atom. The fourth-order valence-electron chi connectivity index (χ4n) is 6.23. The van der Waals surface area contributed by atoms with Gasteiger partial charge in [-0.05, 0) is 53.7 Å². The van der Waals surface area contributed by atoms with Gasteiger partial charge < -0.3 is 5.11 Å². The summed E-state index contributed by atoms with van der Waals surface area (Å²) in [6, 6.07) is 17.7. The normalized spacial score (nSPS) is 24.9. The van der Waals surface area contributed by atoms with E-state index >= 15 is 0 Å². The molecule has 0 heterocycles. The molecule has 0 unspecified atom stereocenters. The van der Waals surface area contributed by atoms with Crippen molar-refractivity contribution in [3.8, 4) is 0 Å². The summed E-state index contributed by atoms with van der Waals surface area (Å²) in [5, 5.41) is 12.2. The maximum Gasteiger partial charge on any atom is 0.212 e. The molecule has 0 aliphatic heterocycles. The highest BCUT2D eigenvalue weighted by atomic mass is 32.2. The van der Waals surface area contributed by atoms with Crippen LogP contribution < -0.4 is 4.72 Å². The summed E-state index contributed by atoms with van der Waals surface area (Å²) in [6.07, 6.45) is 4.38. The summed E-state index contributed by atoms with van der Waals surface area (Å²) in [5.74, 6) is 0.763. The standard InChI is InChI=1S/C27H35NO4S2/c1-25(2)22-14-16-26(25,24(29)18-22)19-34(31,32)28-23(15-17-33-3)27(30,20-10-6-4-7-11-20)21-12-8-5-9-13-21/h4-13,22-23,28,30H,14-19H2,1-3H3/t22-,23+,26-/m1/s1. The Morgan fingerprint density at radius 3 is 2.09 bits per heavy atom. The number of rotatable bonds is 10. The summed E-state index contributed by atoms with van der Waals surface area (Å²) >= 11 is 1.61. The van der Waals surface area contributed by atoms with Crippen LogP contribution in [0.5, 0.6) is 0 Å². The third kappa shape index (κ3) is 4.25. The number of sulfonamides is 1. The molecule has 34 heavy (non-hydrogen) atoms. The lowest BCUT2D eigenvalue weighted by Crippen LogP contribution is -2.54. The van der Waals surface area contributed by atoms with Crippen LogP contribution in [-0.4, -0.2) is 43.1 Å². The van der Waals surface area contributed by atoms with Crippen molar-refractivity contribution in [3.63, 3.8) is 0 Å². The molecule has 2 aliphatic rings. The van der Waals surface area contributed by atoms with Crippen LogP contribution in [0.1, 0.15) is 50.7 Å². The Kier molecular flexibility index (Phi) is 7.04. The monoisotopic (exact) mass is 501 g/mol. The van der Waals surface area contributed by atoms with Gasteiger partial charge in [-0.15, -0.1) is 0 Å². The first kappa shape index (κ1) is 25.4. The van der Waals surface area contributed by atoms with E-state index in [1.165, 1.54) is 0 Å². The van der Waals surface area contributed by atoms with Gasteiger partial charge in [0, 0.05) is 11.8 Å². The van der Waals surface area contributed by atoms with Crippen molar-refractivity contribution in [2.24, 2.45) is 16.7 Å². The van der Waals surface area contributed by atoms with Gasteiger partial charge in [0.25, 0.3) is 0 Å². The molecule has 3 atom stereocenters. The number of aliphatic hydroxyl groups is 1. The van der Waals surface area contributed by atoms with E-state index in [0.717, 1.165) is 6.42 Å². The van der Waals surface area contributed by atoms with Crippen molar-refractivity contribution in [3.05, 3.63) is 71.8 Å². The van der Waals surface area contributed by atoms with Crippen LogP contribution in [0.3, 0.4) is 0 Å². The highest BCUT2D eigenvalue weighted by Crippen LogP contribution is 2.64. The predicted molar refractivity (Wildman–Crippen MR) is 138 cm³/mol. The third-order valence-corrected chi connectivity index (χ3v) is 10.6. The van der Waals surface area contributed by atoms with Crippen LogP contribution in [-0.2, 0) is 20.4 Å². The fourth-order valence-corrected chi connectivity index (χ4v) is 8.84. The van der Waals surface area contributed by atoms with Gasteiger partial charge in [0.05, 0.1) is 11.8 Å². The molecule has 2 N–H and O–H groups in total. The maximum absolute atomic E-state index is 13.7. The zero-order valence-electron chi connectivity index (χ0n) is 20.2. The second-order valence-electron chi connectivity index (χ2n) is 10.4. The molecule has 2 aromatic carbocycles. The lowest BCUT2D eigenvalue weighted by Gasteiger charge is -2.40. The molecule has 4 rings (SSSR count). The van der Waals surface area contributed by atoms with Gasteiger partial charge >= 0.3 is 0 Å². The molecule has 7 heteroatoms. The van der Waals surface area contributed by atoms with E-state index < -0.39 is 27.1 Å². The molecule has 184 valence electrons. The minimum absolute atomic E-state index is 0.0705. The molecule has 0 aromatic heterocycles. The van der Waals surface area contributed by atoms with Gasteiger partial charge in [0.1, 0.15) is 11.4 Å². The highest BCUT2D eigenvalue weighted by Gasteiger charge is 2.65. The van der Waals surface area contributed by atoms with Crippen LogP contribution in [0.15, 0.2) is 60.7 Å². The number of ketones is 1. The first-order valence-electron chi connectivity index (χ1n) is 11.9. The van der Waals surface area contributed by atoms with Crippen LogP contribution in [0.25, 0.3) is 0 Å². The Balaban J connectivity index is 1.73. The molecular formula is C27H35NO4S2. The van der Waals surface area contributed by atoms with E-state index in [4.69, 9.17) is 0 Å². The molecule has 0 saturated heterocycles. The Labute approximate surface area is 207 Å². The number of hydrogen-bond donors (Lipinski definition) is 2. The SMILES string of the molecule is CSCC[C@H](NS(=O)(=O)C[C@]12CC[C@H](CC1=O)C2(C)C)C(O)(c1ccccc1)c1ccccc1. The summed E-state index contributed by atoms with van der Waals surface area (Å²) in [6.45, 7) is 4.08.